The maximum absolute atomic E-state index is 12.3. The van der Waals surface area contributed by atoms with E-state index in [0.29, 0.717) is 28.0 Å². The standard InChI is InChI=1S/C46H30N4O4/c51-45(52)31-24-30(25-32(26-31)46(53)54)44-39-22-20-37(49-39)42(28-12-6-2-7-13-28)35-18-16-33(47-35)41(27-10-4-1-5-11-27)34-17-19-36(48-34)43(29-14-8-3-9-15-29)38-21-23-40(44)50-38/h1-26,47,50H,(H,51,52)(H,53,54). The third-order valence-electron chi connectivity index (χ3n) is 9.66. The Kier molecular flexibility index (Phi) is 7.90. The average Bonchev–Trinajstić information content (AvgIpc) is 4.04. The smallest absolute Gasteiger partial charge is 0.335 e. The van der Waals surface area contributed by atoms with Gasteiger partial charge in [-0.05, 0) is 89.0 Å². The van der Waals surface area contributed by atoms with Crippen molar-refractivity contribution in [2.75, 3.05) is 0 Å². The second kappa shape index (κ2) is 13.2. The highest BCUT2D eigenvalue weighted by molar-refractivity contribution is 6.02. The van der Waals surface area contributed by atoms with Gasteiger partial charge >= 0.3 is 11.9 Å². The molecule has 3 aromatic heterocycles. The fourth-order valence-electron chi connectivity index (χ4n) is 7.25. The minimum absolute atomic E-state index is 0.144. The summed E-state index contributed by atoms with van der Waals surface area (Å²) >= 11 is 0. The van der Waals surface area contributed by atoms with E-state index in [1.54, 1.807) is 0 Å². The third kappa shape index (κ3) is 5.78. The molecule has 4 N–H and O–H groups in total. The Hall–Kier alpha value is -7.58. The highest BCUT2D eigenvalue weighted by Gasteiger charge is 2.20. The fourth-order valence-corrected chi connectivity index (χ4v) is 7.25. The maximum Gasteiger partial charge on any atom is 0.335 e. The second-order valence-corrected chi connectivity index (χ2v) is 13.0. The normalized spacial score (nSPS) is 11.9. The van der Waals surface area contributed by atoms with E-state index in [4.69, 9.17) is 9.97 Å². The molecule has 0 aliphatic carbocycles. The zero-order valence-electron chi connectivity index (χ0n) is 28.6. The van der Waals surface area contributed by atoms with E-state index in [1.807, 2.05) is 115 Å². The molecule has 0 radical (unpaired) electrons. The molecular formula is C46H30N4O4. The number of aromatic carboxylic acids is 2. The predicted octanol–water partition coefficient (Wildman–Crippen LogP) is 10.7. The molecule has 0 fully saturated rings. The van der Waals surface area contributed by atoms with Crippen LogP contribution in [0.3, 0.4) is 0 Å². The summed E-state index contributed by atoms with van der Waals surface area (Å²) in [6, 6.07) is 42.4. The van der Waals surface area contributed by atoms with Crippen LogP contribution in [0.4, 0.5) is 0 Å². The Morgan fingerprint density at radius 1 is 0.389 bits per heavy atom. The predicted molar refractivity (Wildman–Crippen MR) is 215 cm³/mol. The number of fused-ring (bicyclic) bond motifs is 8. The number of hydrogen-bond acceptors (Lipinski definition) is 4. The van der Waals surface area contributed by atoms with Crippen molar-refractivity contribution < 1.29 is 19.8 Å². The molecule has 2 aliphatic heterocycles. The monoisotopic (exact) mass is 702 g/mol. The lowest BCUT2D eigenvalue weighted by Gasteiger charge is -2.08. The molecule has 0 amide bonds. The van der Waals surface area contributed by atoms with E-state index in [1.165, 1.54) is 18.2 Å². The molecule has 7 aromatic rings. The number of aromatic nitrogens is 4. The number of hydrogen-bond donors (Lipinski definition) is 4. The van der Waals surface area contributed by atoms with Gasteiger partial charge in [-0.25, -0.2) is 19.6 Å². The number of carboxylic acid groups (broad SMARTS) is 2. The van der Waals surface area contributed by atoms with Crippen molar-refractivity contribution in [3.05, 3.63) is 167 Å². The van der Waals surface area contributed by atoms with Crippen LogP contribution in [-0.2, 0) is 0 Å². The summed E-state index contributed by atoms with van der Waals surface area (Å²) in [6.07, 6.45) is 7.89. The Morgan fingerprint density at radius 3 is 0.981 bits per heavy atom. The van der Waals surface area contributed by atoms with Crippen LogP contribution in [0.2, 0.25) is 0 Å². The average molecular weight is 703 g/mol. The molecule has 5 heterocycles. The second-order valence-electron chi connectivity index (χ2n) is 13.0. The first kappa shape index (κ1) is 32.3. The molecule has 0 spiro atoms. The van der Waals surface area contributed by atoms with Crippen LogP contribution >= 0.6 is 0 Å². The summed E-state index contributed by atoms with van der Waals surface area (Å²) < 4.78 is 0. The third-order valence-corrected chi connectivity index (χ3v) is 9.66. The van der Waals surface area contributed by atoms with Crippen LogP contribution in [0.15, 0.2) is 133 Å². The number of nitrogens with one attached hydrogen (secondary N) is 2. The lowest BCUT2D eigenvalue weighted by molar-refractivity contribution is 0.0696. The van der Waals surface area contributed by atoms with Crippen molar-refractivity contribution in [3.8, 4) is 44.5 Å². The van der Waals surface area contributed by atoms with Gasteiger partial charge in [0.05, 0.1) is 33.9 Å². The number of benzene rings is 4. The van der Waals surface area contributed by atoms with Gasteiger partial charge in [-0.15, -0.1) is 0 Å². The fraction of sp³-hybridized carbons (Fsp3) is 0. The van der Waals surface area contributed by atoms with Crippen molar-refractivity contribution in [1.82, 2.24) is 19.9 Å². The number of aromatic amines is 2. The molecule has 54 heavy (non-hydrogen) atoms. The van der Waals surface area contributed by atoms with Crippen molar-refractivity contribution >= 4 is 58.3 Å². The Balaban J connectivity index is 1.48. The SMILES string of the molecule is O=C(O)c1cc(C(=O)O)cc(-c2c3nc(c(-c4ccccc4)c4ccc([nH]4)c(-c4ccccc4)c4nc(c(-c5ccccc5)c5ccc2[nH]5)C=C4)C=C3)c1. The molecule has 0 saturated carbocycles. The summed E-state index contributed by atoms with van der Waals surface area (Å²) in [5.74, 6) is -2.47. The summed E-state index contributed by atoms with van der Waals surface area (Å²) in [6.45, 7) is 0. The highest BCUT2D eigenvalue weighted by Crippen LogP contribution is 2.38. The lowest BCUT2D eigenvalue weighted by Crippen LogP contribution is -2.03. The first-order valence-corrected chi connectivity index (χ1v) is 17.4. The highest BCUT2D eigenvalue weighted by atomic mass is 16.4. The summed E-state index contributed by atoms with van der Waals surface area (Å²) in [5.41, 5.74) is 12.1. The van der Waals surface area contributed by atoms with Crippen LogP contribution in [-0.4, -0.2) is 42.1 Å². The van der Waals surface area contributed by atoms with Gasteiger partial charge in [0.25, 0.3) is 0 Å². The summed E-state index contributed by atoms with van der Waals surface area (Å²) in [4.78, 5) is 42.4. The Bertz CT molecular complexity index is 2800. The van der Waals surface area contributed by atoms with E-state index in [-0.39, 0.29) is 11.1 Å². The molecule has 9 rings (SSSR count). The molecule has 8 nitrogen and oxygen atoms in total. The number of carboxylic acids is 2. The van der Waals surface area contributed by atoms with Gasteiger partial charge in [-0.2, -0.15) is 0 Å². The molecule has 2 aliphatic rings. The zero-order valence-corrected chi connectivity index (χ0v) is 28.6. The number of carbonyl (C=O) groups is 2. The molecule has 0 unspecified atom stereocenters. The van der Waals surface area contributed by atoms with Crippen LogP contribution < -0.4 is 0 Å². The largest absolute Gasteiger partial charge is 0.478 e. The van der Waals surface area contributed by atoms with Gasteiger partial charge in [-0.1, -0.05) is 91.0 Å². The van der Waals surface area contributed by atoms with Crippen LogP contribution in [0.5, 0.6) is 0 Å². The number of nitrogens with zero attached hydrogens (tertiary/aromatic N) is 2. The van der Waals surface area contributed by atoms with Crippen molar-refractivity contribution in [2.24, 2.45) is 0 Å². The van der Waals surface area contributed by atoms with E-state index >= 15 is 0 Å². The molecule has 258 valence electrons. The van der Waals surface area contributed by atoms with Gasteiger partial charge in [0.2, 0.25) is 0 Å². The van der Waals surface area contributed by atoms with Crippen LogP contribution in [0, 0.1) is 0 Å². The van der Waals surface area contributed by atoms with Gasteiger partial charge < -0.3 is 20.2 Å². The molecule has 8 heteroatoms. The van der Waals surface area contributed by atoms with Gasteiger partial charge in [-0.3, -0.25) is 0 Å². The Morgan fingerprint density at radius 2 is 0.685 bits per heavy atom. The maximum atomic E-state index is 12.3. The summed E-state index contributed by atoms with van der Waals surface area (Å²) in [5, 5.41) is 20.1. The van der Waals surface area contributed by atoms with E-state index < -0.39 is 11.9 Å². The minimum atomic E-state index is -1.23. The molecule has 0 saturated heterocycles. The van der Waals surface area contributed by atoms with Crippen LogP contribution in [0.1, 0.15) is 43.5 Å². The first-order chi connectivity index (χ1) is 26.4. The minimum Gasteiger partial charge on any atom is -0.478 e. The molecule has 8 bridgehead atoms. The van der Waals surface area contributed by atoms with Crippen LogP contribution in [0.25, 0.3) is 90.9 Å². The van der Waals surface area contributed by atoms with Gasteiger partial charge in [0.15, 0.2) is 0 Å². The zero-order chi connectivity index (χ0) is 36.8. The van der Waals surface area contributed by atoms with Gasteiger partial charge in [0, 0.05) is 44.3 Å². The van der Waals surface area contributed by atoms with Crippen molar-refractivity contribution in [1.29, 1.82) is 0 Å². The number of rotatable bonds is 6. The van der Waals surface area contributed by atoms with Gasteiger partial charge in [0.1, 0.15) is 0 Å². The Labute approximate surface area is 309 Å². The van der Waals surface area contributed by atoms with E-state index in [0.717, 1.165) is 61.3 Å². The molecule has 0 atom stereocenters. The number of H-pyrrole nitrogens is 2. The van der Waals surface area contributed by atoms with E-state index in [2.05, 4.69) is 34.2 Å². The molecular weight excluding hydrogens is 673 g/mol. The topological polar surface area (TPSA) is 132 Å². The van der Waals surface area contributed by atoms with Crippen molar-refractivity contribution in [2.45, 2.75) is 0 Å². The first-order valence-electron chi connectivity index (χ1n) is 17.4. The van der Waals surface area contributed by atoms with Crippen molar-refractivity contribution in [3.63, 3.8) is 0 Å². The quantitative estimate of drug-likeness (QED) is 0.136. The lowest BCUT2D eigenvalue weighted by atomic mass is 9.98. The molecule has 4 aromatic carbocycles. The summed E-state index contributed by atoms with van der Waals surface area (Å²) in [7, 11) is 0. The van der Waals surface area contributed by atoms with E-state index in [9.17, 15) is 19.8 Å².